The van der Waals surface area contributed by atoms with E-state index in [1.54, 1.807) is 12.1 Å². The van der Waals surface area contributed by atoms with E-state index in [-0.39, 0.29) is 24.6 Å². The highest BCUT2D eigenvalue weighted by Crippen LogP contribution is 2.26. The Bertz CT molecular complexity index is 510. The predicted octanol–water partition coefficient (Wildman–Crippen LogP) is -0.263. The lowest BCUT2D eigenvalue weighted by Crippen LogP contribution is -2.54. The molecule has 1 aromatic carbocycles. The van der Waals surface area contributed by atoms with Gasteiger partial charge in [-0.2, -0.15) is 0 Å². The number of nitrogens with zero attached hydrogens (tertiary/aromatic N) is 1. The summed E-state index contributed by atoms with van der Waals surface area (Å²) in [5.41, 5.74) is 0.983. The van der Waals surface area contributed by atoms with E-state index in [1.807, 2.05) is 0 Å². The minimum Gasteiger partial charge on any atom is -0.394 e. The molecule has 2 aliphatic rings. The van der Waals surface area contributed by atoms with Gasteiger partial charge in [0.15, 0.2) is 0 Å². The van der Waals surface area contributed by atoms with E-state index < -0.39 is 12.2 Å². The number of benzene rings is 1. The molecule has 0 saturated carbocycles. The summed E-state index contributed by atoms with van der Waals surface area (Å²) in [7, 11) is 0. The summed E-state index contributed by atoms with van der Waals surface area (Å²) < 4.78 is 24.1. The minimum atomic E-state index is -0.717. The Morgan fingerprint density at radius 1 is 1.17 bits per heavy atom. The van der Waals surface area contributed by atoms with Crippen molar-refractivity contribution in [2.75, 3.05) is 39.5 Å². The van der Waals surface area contributed by atoms with Gasteiger partial charge in [-0.1, -0.05) is 12.1 Å². The molecule has 4 atom stereocenters. The summed E-state index contributed by atoms with van der Waals surface area (Å²) in [5.74, 6) is -0.251. The van der Waals surface area contributed by atoms with Crippen LogP contribution in [-0.4, -0.2) is 78.9 Å². The molecule has 6 nitrogen and oxygen atoms in total. The van der Waals surface area contributed by atoms with Gasteiger partial charge >= 0.3 is 0 Å². The SMILES string of the molecule is OC[C@@H]1O[C@H](CNCc2ccc(F)cc2)[C@H](N2CCOCC2)[C@@H]1O. The molecule has 0 amide bonds. The minimum absolute atomic E-state index is 0.160. The Morgan fingerprint density at radius 3 is 2.54 bits per heavy atom. The van der Waals surface area contributed by atoms with Crippen molar-refractivity contribution in [1.29, 1.82) is 0 Å². The summed E-state index contributed by atoms with van der Waals surface area (Å²) in [5, 5.41) is 23.2. The van der Waals surface area contributed by atoms with E-state index in [9.17, 15) is 14.6 Å². The number of aliphatic hydroxyl groups excluding tert-OH is 2. The van der Waals surface area contributed by atoms with Gasteiger partial charge in [-0.05, 0) is 17.7 Å². The smallest absolute Gasteiger partial charge is 0.123 e. The molecule has 3 N–H and O–H groups in total. The number of morpholine rings is 1. The number of nitrogens with one attached hydrogen (secondary N) is 1. The topological polar surface area (TPSA) is 74.2 Å². The van der Waals surface area contributed by atoms with Crippen LogP contribution in [0.15, 0.2) is 24.3 Å². The molecular formula is C17H25FN2O4. The number of ether oxygens (including phenoxy) is 2. The molecule has 0 aliphatic carbocycles. The van der Waals surface area contributed by atoms with Crippen LogP contribution in [-0.2, 0) is 16.0 Å². The first-order valence-corrected chi connectivity index (χ1v) is 8.40. The number of aliphatic hydroxyl groups is 2. The highest BCUT2D eigenvalue weighted by Gasteiger charge is 2.46. The van der Waals surface area contributed by atoms with E-state index in [2.05, 4.69) is 10.2 Å². The van der Waals surface area contributed by atoms with Gasteiger partial charge in [0.05, 0.1) is 32.0 Å². The van der Waals surface area contributed by atoms with Crippen molar-refractivity contribution >= 4 is 0 Å². The van der Waals surface area contributed by atoms with Crippen molar-refractivity contribution in [3.63, 3.8) is 0 Å². The van der Waals surface area contributed by atoms with Crippen molar-refractivity contribution in [3.05, 3.63) is 35.6 Å². The lowest BCUT2D eigenvalue weighted by atomic mass is 10.0. The molecule has 2 saturated heterocycles. The molecular weight excluding hydrogens is 315 g/mol. The summed E-state index contributed by atoms with van der Waals surface area (Å²) in [4.78, 5) is 2.17. The molecule has 0 aromatic heterocycles. The molecule has 0 radical (unpaired) electrons. The molecule has 2 fully saturated rings. The number of rotatable bonds is 6. The molecule has 2 aliphatic heterocycles. The largest absolute Gasteiger partial charge is 0.394 e. The lowest BCUT2D eigenvalue weighted by molar-refractivity contribution is -0.0225. The van der Waals surface area contributed by atoms with Crippen LogP contribution in [0.3, 0.4) is 0 Å². The zero-order valence-electron chi connectivity index (χ0n) is 13.6. The number of halogens is 1. The molecule has 7 heteroatoms. The maximum Gasteiger partial charge on any atom is 0.123 e. The van der Waals surface area contributed by atoms with E-state index >= 15 is 0 Å². The van der Waals surface area contributed by atoms with E-state index in [0.717, 1.165) is 18.7 Å². The lowest BCUT2D eigenvalue weighted by Gasteiger charge is -2.36. The Kier molecular flexibility index (Phi) is 6.15. The fourth-order valence-electron chi connectivity index (χ4n) is 3.43. The third-order valence-electron chi connectivity index (χ3n) is 4.70. The third kappa shape index (κ3) is 4.11. The highest BCUT2D eigenvalue weighted by molar-refractivity contribution is 5.15. The second-order valence-electron chi connectivity index (χ2n) is 6.28. The Hall–Kier alpha value is -1.09. The molecule has 0 bridgehead atoms. The number of hydrogen-bond donors (Lipinski definition) is 3. The van der Waals surface area contributed by atoms with Crippen LogP contribution in [0.5, 0.6) is 0 Å². The normalized spacial score (nSPS) is 31.5. The van der Waals surface area contributed by atoms with Gasteiger partial charge in [-0.3, -0.25) is 4.90 Å². The first-order valence-electron chi connectivity index (χ1n) is 8.40. The van der Waals surface area contributed by atoms with Crippen molar-refractivity contribution in [2.45, 2.75) is 30.9 Å². The van der Waals surface area contributed by atoms with Gasteiger partial charge < -0.3 is 25.0 Å². The van der Waals surface area contributed by atoms with Crippen LogP contribution in [0, 0.1) is 5.82 Å². The van der Waals surface area contributed by atoms with Gasteiger partial charge in [0.25, 0.3) is 0 Å². The van der Waals surface area contributed by atoms with Crippen LogP contribution in [0.25, 0.3) is 0 Å². The van der Waals surface area contributed by atoms with Crippen LogP contribution in [0.2, 0.25) is 0 Å². The maximum absolute atomic E-state index is 12.9. The zero-order chi connectivity index (χ0) is 16.9. The summed E-state index contributed by atoms with van der Waals surface area (Å²) in [6.07, 6.45) is -1.49. The molecule has 24 heavy (non-hydrogen) atoms. The van der Waals surface area contributed by atoms with Crippen molar-refractivity contribution in [1.82, 2.24) is 10.2 Å². The molecule has 0 unspecified atom stereocenters. The fraction of sp³-hybridized carbons (Fsp3) is 0.647. The van der Waals surface area contributed by atoms with Gasteiger partial charge in [0.1, 0.15) is 18.0 Å². The van der Waals surface area contributed by atoms with E-state index in [0.29, 0.717) is 26.3 Å². The van der Waals surface area contributed by atoms with Crippen LogP contribution in [0.1, 0.15) is 5.56 Å². The average Bonchev–Trinajstić information content (AvgIpc) is 2.93. The van der Waals surface area contributed by atoms with Crippen molar-refractivity contribution < 1.29 is 24.1 Å². The Balaban J connectivity index is 1.57. The van der Waals surface area contributed by atoms with Crippen molar-refractivity contribution in [3.8, 4) is 0 Å². The zero-order valence-corrected chi connectivity index (χ0v) is 13.6. The predicted molar refractivity (Wildman–Crippen MR) is 86.0 cm³/mol. The summed E-state index contributed by atoms with van der Waals surface area (Å²) in [6.45, 7) is 3.72. The molecule has 3 rings (SSSR count). The summed E-state index contributed by atoms with van der Waals surface area (Å²) >= 11 is 0. The van der Waals surface area contributed by atoms with E-state index in [4.69, 9.17) is 9.47 Å². The second kappa shape index (κ2) is 8.33. The fourth-order valence-corrected chi connectivity index (χ4v) is 3.43. The first kappa shape index (κ1) is 17.7. The van der Waals surface area contributed by atoms with Crippen LogP contribution in [0.4, 0.5) is 4.39 Å². The second-order valence-corrected chi connectivity index (χ2v) is 6.28. The monoisotopic (exact) mass is 340 g/mol. The molecule has 1 aromatic rings. The maximum atomic E-state index is 12.9. The van der Waals surface area contributed by atoms with Gasteiger partial charge in [0.2, 0.25) is 0 Å². The first-order chi connectivity index (χ1) is 11.7. The van der Waals surface area contributed by atoms with E-state index in [1.165, 1.54) is 12.1 Å². The van der Waals surface area contributed by atoms with Gasteiger partial charge in [0, 0.05) is 26.2 Å². The third-order valence-corrected chi connectivity index (χ3v) is 4.70. The van der Waals surface area contributed by atoms with Gasteiger partial charge in [-0.25, -0.2) is 4.39 Å². The van der Waals surface area contributed by atoms with Crippen LogP contribution < -0.4 is 5.32 Å². The highest BCUT2D eigenvalue weighted by atomic mass is 19.1. The van der Waals surface area contributed by atoms with Crippen LogP contribution >= 0.6 is 0 Å². The van der Waals surface area contributed by atoms with Gasteiger partial charge in [-0.15, -0.1) is 0 Å². The molecule has 134 valence electrons. The average molecular weight is 340 g/mol. The molecule has 0 spiro atoms. The quantitative estimate of drug-likeness (QED) is 0.662. The Morgan fingerprint density at radius 2 is 1.88 bits per heavy atom. The number of hydrogen-bond acceptors (Lipinski definition) is 6. The standard InChI is InChI=1S/C17H25FN2O4/c18-13-3-1-12(2-4-13)9-19-10-14-16(17(22)15(11-21)24-14)20-5-7-23-8-6-20/h1-4,14-17,19,21-22H,5-11H2/t14-,15+,16+,17-/m1/s1. The Labute approximate surface area is 141 Å². The summed E-state index contributed by atoms with van der Waals surface area (Å²) in [6, 6.07) is 6.19. The molecule has 2 heterocycles. The van der Waals surface area contributed by atoms with Crippen molar-refractivity contribution in [2.24, 2.45) is 0 Å².